The third kappa shape index (κ3) is 2.66. The molecule has 20 heavy (non-hydrogen) atoms. The van der Waals surface area contributed by atoms with Crippen LogP contribution in [0.1, 0.15) is 5.56 Å². The normalized spacial score (nSPS) is 10.4. The SMILES string of the molecule is COc1ccc(-c2ncn(Cc3cccnc3)n2)cc1. The van der Waals surface area contributed by atoms with Crippen LogP contribution in [0.2, 0.25) is 0 Å². The van der Waals surface area contributed by atoms with E-state index in [4.69, 9.17) is 4.74 Å². The van der Waals surface area contributed by atoms with E-state index in [1.165, 1.54) is 0 Å². The summed E-state index contributed by atoms with van der Waals surface area (Å²) in [6.45, 7) is 0.664. The Morgan fingerprint density at radius 1 is 1.15 bits per heavy atom. The molecular weight excluding hydrogens is 252 g/mol. The second-order valence-corrected chi connectivity index (χ2v) is 4.36. The minimum atomic E-state index is 0.664. The van der Waals surface area contributed by atoms with Gasteiger partial charge >= 0.3 is 0 Å². The van der Waals surface area contributed by atoms with Crippen LogP contribution in [0.3, 0.4) is 0 Å². The number of hydrogen-bond acceptors (Lipinski definition) is 4. The number of pyridine rings is 1. The summed E-state index contributed by atoms with van der Waals surface area (Å²) in [4.78, 5) is 8.42. The Balaban J connectivity index is 1.79. The number of hydrogen-bond donors (Lipinski definition) is 0. The van der Waals surface area contributed by atoms with Crippen molar-refractivity contribution in [3.8, 4) is 17.1 Å². The molecular formula is C15H14N4O. The van der Waals surface area contributed by atoms with Crippen LogP contribution in [0.4, 0.5) is 0 Å². The third-order valence-corrected chi connectivity index (χ3v) is 2.95. The summed E-state index contributed by atoms with van der Waals surface area (Å²) < 4.78 is 6.94. The van der Waals surface area contributed by atoms with Gasteiger partial charge in [-0.2, -0.15) is 5.10 Å². The monoisotopic (exact) mass is 266 g/mol. The molecule has 0 fully saturated rings. The highest BCUT2D eigenvalue weighted by atomic mass is 16.5. The second-order valence-electron chi connectivity index (χ2n) is 4.36. The van der Waals surface area contributed by atoms with Crippen molar-refractivity contribution in [3.05, 3.63) is 60.7 Å². The zero-order valence-electron chi connectivity index (χ0n) is 11.1. The number of ether oxygens (including phenoxy) is 1. The summed E-state index contributed by atoms with van der Waals surface area (Å²) in [5, 5.41) is 4.47. The number of methoxy groups -OCH3 is 1. The van der Waals surface area contributed by atoms with Crippen molar-refractivity contribution in [1.82, 2.24) is 19.7 Å². The molecule has 5 heteroatoms. The highest BCUT2D eigenvalue weighted by Crippen LogP contribution is 2.18. The Morgan fingerprint density at radius 2 is 2.00 bits per heavy atom. The third-order valence-electron chi connectivity index (χ3n) is 2.95. The fourth-order valence-electron chi connectivity index (χ4n) is 1.92. The van der Waals surface area contributed by atoms with Crippen molar-refractivity contribution in [2.75, 3.05) is 7.11 Å². The summed E-state index contributed by atoms with van der Waals surface area (Å²) >= 11 is 0. The average Bonchev–Trinajstić information content (AvgIpc) is 2.97. The van der Waals surface area contributed by atoms with E-state index in [9.17, 15) is 0 Å². The molecule has 1 aromatic carbocycles. The van der Waals surface area contributed by atoms with Gasteiger partial charge in [-0.05, 0) is 35.9 Å². The summed E-state index contributed by atoms with van der Waals surface area (Å²) in [6.07, 6.45) is 5.31. The lowest BCUT2D eigenvalue weighted by molar-refractivity contribution is 0.415. The molecule has 3 rings (SSSR count). The minimum absolute atomic E-state index is 0.664. The molecule has 3 aromatic rings. The maximum atomic E-state index is 5.14. The van der Waals surface area contributed by atoms with Gasteiger partial charge in [0.05, 0.1) is 13.7 Å². The Bertz CT molecular complexity index is 677. The van der Waals surface area contributed by atoms with E-state index >= 15 is 0 Å². The Kier molecular flexibility index (Phi) is 3.41. The van der Waals surface area contributed by atoms with Crippen molar-refractivity contribution in [3.63, 3.8) is 0 Å². The maximum absolute atomic E-state index is 5.14. The lowest BCUT2D eigenvalue weighted by Gasteiger charge is -2.01. The minimum Gasteiger partial charge on any atom is -0.497 e. The van der Waals surface area contributed by atoms with Gasteiger partial charge in [0.2, 0.25) is 0 Å². The predicted molar refractivity (Wildman–Crippen MR) is 75.3 cm³/mol. The van der Waals surface area contributed by atoms with Gasteiger partial charge in [-0.3, -0.25) is 4.98 Å². The van der Waals surface area contributed by atoms with E-state index in [1.807, 2.05) is 42.6 Å². The van der Waals surface area contributed by atoms with E-state index in [2.05, 4.69) is 15.1 Å². The van der Waals surface area contributed by atoms with Crippen LogP contribution in [0.25, 0.3) is 11.4 Å². The molecule has 0 radical (unpaired) electrons. The second kappa shape index (κ2) is 5.52. The van der Waals surface area contributed by atoms with Crippen LogP contribution in [0.5, 0.6) is 5.75 Å². The number of benzene rings is 1. The average molecular weight is 266 g/mol. The Hall–Kier alpha value is -2.69. The Morgan fingerprint density at radius 3 is 2.70 bits per heavy atom. The van der Waals surface area contributed by atoms with E-state index < -0.39 is 0 Å². The molecule has 0 saturated carbocycles. The molecule has 0 saturated heterocycles. The first kappa shape index (κ1) is 12.3. The lowest BCUT2D eigenvalue weighted by Crippen LogP contribution is -2.00. The van der Waals surface area contributed by atoms with Gasteiger partial charge in [-0.15, -0.1) is 0 Å². The largest absolute Gasteiger partial charge is 0.497 e. The highest BCUT2D eigenvalue weighted by Gasteiger charge is 2.05. The molecule has 0 aliphatic rings. The van der Waals surface area contributed by atoms with E-state index in [1.54, 1.807) is 24.3 Å². The fourth-order valence-corrected chi connectivity index (χ4v) is 1.92. The molecule has 2 heterocycles. The van der Waals surface area contributed by atoms with Crippen LogP contribution < -0.4 is 4.74 Å². The molecule has 0 bridgehead atoms. The maximum Gasteiger partial charge on any atom is 0.181 e. The van der Waals surface area contributed by atoms with E-state index in [0.29, 0.717) is 12.4 Å². The summed E-state index contributed by atoms with van der Waals surface area (Å²) in [5.74, 6) is 1.53. The van der Waals surface area contributed by atoms with Crippen molar-refractivity contribution < 1.29 is 4.74 Å². The van der Waals surface area contributed by atoms with E-state index in [0.717, 1.165) is 16.9 Å². The van der Waals surface area contributed by atoms with Crippen molar-refractivity contribution in [2.45, 2.75) is 6.54 Å². The van der Waals surface area contributed by atoms with Crippen LogP contribution >= 0.6 is 0 Å². The van der Waals surface area contributed by atoms with E-state index in [-0.39, 0.29) is 0 Å². The van der Waals surface area contributed by atoms with Gasteiger partial charge in [0.15, 0.2) is 5.82 Å². The zero-order chi connectivity index (χ0) is 13.8. The van der Waals surface area contributed by atoms with Gasteiger partial charge in [0, 0.05) is 18.0 Å². The highest BCUT2D eigenvalue weighted by molar-refractivity contribution is 5.55. The summed E-state index contributed by atoms with van der Waals surface area (Å²) in [6, 6.07) is 11.6. The first-order valence-corrected chi connectivity index (χ1v) is 6.28. The molecule has 0 atom stereocenters. The molecule has 100 valence electrons. The molecule has 0 N–H and O–H groups in total. The quantitative estimate of drug-likeness (QED) is 0.727. The first-order valence-electron chi connectivity index (χ1n) is 6.28. The summed E-state index contributed by atoms with van der Waals surface area (Å²) in [5.41, 5.74) is 2.06. The van der Waals surface area contributed by atoms with Crippen molar-refractivity contribution in [2.24, 2.45) is 0 Å². The number of nitrogens with zero attached hydrogens (tertiary/aromatic N) is 4. The molecule has 2 aromatic heterocycles. The first-order chi connectivity index (χ1) is 9.85. The number of aromatic nitrogens is 4. The van der Waals surface area contributed by atoms with Gasteiger partial charge in [-0.25, -0.2) is 9.67 Å². The van der Waals surface area contributed by atoms with Gasteiger partial charge in [0.1, 0.15) is 12.1 Å². The van der Waals surface area contributed by atoms with Crippen LogP contribution in [-0.2, 0) is 6.54 Å². The van der Waals surface area contributed by atoms with Gasteiger partial charge < -0.3 is 4.74 Å². The fraction of sp³-hybridized carbons (Fsp3) is 0.133. The molecule has 0 aliphatic carbocycles. The standard InChI is InChI=1S/C15H14N4O/c1-20-14-6-4-13(5-7-14)15-17-11-19(18-15)10-12-3-2-8-16-9-12/h2-9,11H,10H2,1H3. The van der Waals surface area contributed by atoms with Crippen LogP contribution in [0.15, 0.2) is 55.1 Å². The molecule has 5 nitrogen and oxygen atoms in total. The smallest absolute Gasteiger partial charge is 0.181 e. The molecule has 0 amide bonds. The number of rotatable bonds is 4. The topological polar surface area (TPSA) is 52.8 Å². The molecule has 0 aliphatic heterocycles. The predicted octanol–water partition coefficient (Wildman–Crippen LogP) is 2.40. The lowest BCUT2D eigenvalue weighted by atomic mass is 10.2. The van der Waals surface area contributed by atoms with Crippen LogP contribution in [-0.4, -0.2) is 26.9 Å². The van der Waals surface area contributed by atoms with Crippen molar-refractivity contribution in [1.29, 1.82) is 0 Å². The van der Waals surface area contributed by atoms with Crippen molar-refractivity contribution >= 4 is 0 Å². The zero-order valence-corrected chi connectivity index (χ0v) is 11.1. The van der Waals surface area contributed by atoms with Crippen LogP contribution in [0, 0.1) is 0 Å². The summed E-state index contributed by atoms with van der Waals surface area (Å²) in [7, 11) is 1.65. The van der Waals surface area contributed by atoms with Gasteiger partial charge in [-0.1, -0.05) is 6.07 Å². The Labute approximate surface area is 116 Å². The molecule has 0 unspecified atom stereocenters. The molecule has 0 spiro atoms. The van der Waals surface area contributed by atoms with Gasteiger partial charge in [0.25, 0.3) is 0 Å².